The van der Waals surface area contributed by atoms with Gasteiger partial charge >= 0.3 is 5.97 Å². The summed E-state index contributed by atoms with van der Waals surface area (Å²) in [6, 6.07) is 0. The van der Waals surface area contributed by atoms with Crippen molar-refractivity contribution in [2.75, 3.05) is 5.75 Å². The fourth-order valence-electron chi connectivity index (χ4n) is 1.40. The Labute approximate surface area is 117 Å². The molecule has 0 aliphatic heterocycles. The van der Waals surface area contributed by atoms with Crippen molar-refractivity contribution >= 4 is 17.7 Å². The van der Waals surface area contributed by atoms with E-state index in [9.17, 15) is 9.90 Å². The number of thioether (sulfide) groups is 1. The van der Waals surface area contributed by atoms with Gasteiger partial charge in [-0.15, -0.1) is 10.2 Å². The van der Waals surface area contributed by atoms with Crippen LogP contribution in [-0.4, -0.2) is 36.7 Å². The number of nitrogens with zero attached hydrogens (tertiary/aromatic N) is 3. The summed E-state index contributed by atoms with van der Waals surface area (Å²) in [5, 5.41) is 26.4. The summed E-state index contributed by atoms with van der Waals surface area (Å²) >= 11 is 1.12. The van der Waals surface area contributed by atoms with E-state index in [1.165, 1.54) is 0 Å². The van der Waals surface area contributed by atoms with E-state index in [0.717, 1.165) is 11.8 Å². The van der Waals surface area contributed by atoms with Gasteiger partial charge in [0, 0.05) is 6.54 Å². The molecule has 0 aliphatic carbocycles. The summed E-state index contributed by atoms with van der Waals surface area (Å²) in [7, 11) is 0. The van der Waals surface area contributed by atoms with Crippen LogP contribution in [0.3, 0.4) is 0 Å². The predicted molar refractivity (Wildman–Crippen MR) is 72.9 cm³/mol. The Bertz CT molecular complexity index is 440. The van der Waals surface area contributed by atoms with Gasteiger partial charge in [-0.1, -0.05) is 39.5 Å². The Hall–Kier alpha value is -1.08. The van der Waals surface area contributed by atoms with Crippen LogP contribution < -0.4 is 0 Å². The number of aliphatic hydroxyl groups excluding tert-OH is 1. The van der Waals surface area contributed by atoms with Gasteiger partial charge in [0.15, 0.2) is 11.0 Å². The van der Waals surface area contributed by atoms with Crippen LogP contribution in [0.25, 0.3) is 0 Å². The maximum Gasteiger partial charge on any atom is 0.313 e. The lowest BCUT2D eigenvalue weighted by atomic mass is 9.82. The van der Waals surface area contributed by atoms with Crippen LogP contribution in [0, 0.1) is 11.3 Å². The van der Waals surface area contributed by atoms with Crippen molar-refractivity contribution in [2.45, 2.75) is 46.0 Å². The van der Waals surface area contributed by atoms with Crippen molar-refractivity contribution in [3.05, 3.63) is 5.82 Å². The van der Waals surface area contributed by atoms with E-state index in [-0.39, 0.29) is 17.8 Å². The topological polar surface area (TPSA) is 88.2 Å². The highest BCUT2D eigenvalue weighted by Crippen LogP contribution is 2.28. The van der Waals surface area contributed by atoms with Gasteiger partial charge in [-0.25, -0.2) is 0 Å². The average molecular weight is 287 g/mol. The van der Waals surface area contributed by atoms with Gasteiger partial charge in [-0.3, -0.25) is 4.79 Å². The Morgan fingerprint density at radius 2 is 2.05 bits per heavy atom. The lowest BCUT2D eigenvalue weighted by Gasteiger charge is -2.28. The molecular weight excluding hydrogens is 266 g/mol. The average Bonchev–Trinajstić information content (AvgIpc) is 2.67. The minimum absolute atomic E-state index is 0.0620. The Morgan fingerprint density at radius 1 is 1.42 bits per heavy atom. The molecule has 1 atom stereocenters. The number of carbonyl (C=O) groups is 1. The molecule has 6 nitrogen and oxygen atoms in total. The first kappa shape index (κ1) is 16.0. The number of carboxylic acid groups (broad SMARTS) is 1. The molecule has 1 rings (SSSR count). The molecule has 0 spiro atoms. The standard InChI is InChI=1S/C12H21N3O3S/c1-8(12(2,3)4)5-15-9(6-16)13-14-11(15)19-7-10(17)18/h8,16H,5-7H2,1-4H3,(H,17,18). The monoisotopic (exact) mass is 287 g/mol. The van der Waals surface area contributed by atoms with E-state index in [1.54, 1.807) is 0 Å². The maximum absolute atomic E-state index is 10.6. The van der Waals surface area contributed by atoms with Crippen LogP contribution in [0.2, 0.25) is 0 Å². The second kappa shape index (κ2) is 6.38. The van der Waals surface area contributed by atoms with Crippen molar-refractivity contribution < 1.29 is 15.0 Å². The van der Waals surface area contributed by atoms with Gasteiger partial charge in [0.2, 0.25) is 0 Å². The third-order valence-corrected chi connectivity index (χ3v) is 4.15. The Kier molecular flexibility index (Phi) is 5.37. The predicted octanol–water partition coefficient (Wildman–Crippen LogP) is 1.63. The summed E-state index contributed by atoms with van der Waals surface area (Å²) in [5.74, 6) is -0.135. The van der Waals surface area contributed by atoms with Gasteiger partial charge in [-0.2, -0.15) is 0 Å². The summed E-state index contributed by atoms with van der Waals surface area (Å²) < 4.78 is 1.81. The van der Waals surface area contributed by atoms with Gasteiger partial charge in [-0.05, 0) is 11.3 Å². The number of hydrogen-bond acceptors (Lipinski definition) is 5. The van der Waals surface area contributed by atoms with Crippen LogP contribution in [0.4, 0.5) is 0 Å². The van der Waals surface area contributed by atoms with Crippen molar-refractivity contribution in [1.29, 1.82) is 0 Å². The fraction of sp³-hybridized carbons (Fsp3) is 0.750. The van der Waals surface area contributed by atoms with Crippen molar-refractivity contribution in [3.8, 4) is 0 Å². The highest BCUT2D eigenvalue weighted by Gasteiger charge is 2.23. The number of aromatic nitrogens is 3. The van der Waals surface area contributed by atoms with Gasteiger partial charge in [0.25, 0.3) is 0 Å². The number of rotatable bonds is 6. The molecule has 0 saturated heterocycles. The molecule has 1 aromatic rings. The quantitative estimate of drug-likeness (QED) is 0.773. The number of hydrogen-bond donors (Lipinski definition) is 2. The summed E-state index contributed by atoms with van der Waals surface area (Å²) in [5.41, 5.74) is 0.117. The van der Waals surface area contributed by atoms with Gasteiger partial charge < -0.3 is 14.8 Å². The molecule has 108 valence electrons. The van der Waals surface area contributed by atoms with Crippen molar-refractivity contribution in [3.63, 3.8) is 0 Å². The van der Waals surface area contributed by atoms with E-state index >= 15 is 0 Å². The molecule has 19 heavy (non-hydrogen) atoms. The Morgan fingerprint density at radius 3 is 2.53 bits per heavy atom. The van der Waals surface area contributed by atoms with Crippen LogP contribution >= 0.6 is 11.8 Å². The van der Waals surface area contributed by atoms with Gasteiger partial charge in [0.05, 0.1) is 5.75 Å². The zero-order valence-corrected chi connectivity index (χ0v) is 12.6. The van der Waals surface area contributed by atoms with E-state index < -0.39 is 5.97 Å². The first-order chi connectivity index (χ1) is 8.75. The summed E-state index contributed by atoms with van der Waals surface area (Å²) in [4.78, 5) is 10.6. The Balaban J connectivity index is 2.90. The van der Waals surface area contributed by atoms with E-state index in [2.05, 4.69) is 37.9 Å². The minimum Gasteiger partial charge on any atom is -0.481 e. The highest BCUT2D eigenvalue weighted by molar-refractivity contribution is 7.99. The number of carboxylic acids is 1. The van der Waals surface area contributed by atoms with E-state index in [4.69, 9.17) is 5.11 Å². The highest BCUT2D eigenvalue weighted by atomic mass is 32.2. The lowest BCUT2D eigenvalue weighted by Crippen LogP contribution is -2.24. The summed E-state index contributed by atoms with van der Waals surface area (Å²) in [6.45, 7) is 9.01. The van der Waals surface area contributed by atoms with Crippen LogP contribution in [0.15, 0.2) is 5.16 Å². The molecule has 1 heterocycles. The molecular formula is C12H21N3O3S. The molecule has 1 aromatic heterocycles. The smallest absolute Gasteiger partial charge is 0.313 e. The number of aliphatic carboxylic acids is 1. The first-order valence-electron chi connectivity index (χ1n) is 6.13. The van der Waals surface area contributed by atoms with Crippen molar-refractivity contribution in [2.24, 2.45) is 11.3 Å². The maximum atomic E-state index is 10.6. The fourth-order valence-corrected chi connectivity index (χ4v) is 2.09. The zero-order chi connectivity index (χ0) is 14.6. The van der Waals surface area contributed by atoms with Gasteiger partial charge in [0.1, 0.15) is 6.61 Å². The molecule has 0 aromatic carbocycles. The van der Waals surface area contributed by atoms with E-state index in [0.29, 0.717) is 23.4 Å². The molecule has 0 fully saturated rings. The second-order valence-corrected chi connectivity index (χ2v) is 6.56. The second-order valence-electron chi connectivity index (χ2n) is 5.62. The van der Waals surface area contributed by atoms with Crippen LogP contribution in [0.5, 0.6) is 0 Å². The molecule has 1 unspecified atom stereocenters. The lowest BCUT2D eigenvalue weighted by molar-refractivity contribution is -0.133. The molecule has 2 N–H and O–H groups in total. The molecule has 0 amide bonds. The normalized spacial score (nSPS) is 13.5. The molecule has 0 aliphatic rings. The first-order valence-corrected chi connectivity index (χ1v) is 7.11. The molecule has 7 heteroatoms. The largest absolute Gasteiger partial charge is 0.481 e. The minimum atomic E-state index is -0.894. The summed E-state index contributed by atoms with van der Waals surface area (Å²) in [6.07, 6.45) is 0. The third kappa shape index (κ3) is 4.50. The SMILES string of the molecule is CC(Cn1c(CO)nnc1SCC(=O)O)C(C)(C)C. The van der Waals surface area contributed by atoms with E-state index in [1.807, 2.05) is 4.57 Å². The zero-order valence-electron chi connectivity index (χ0n) is 11.8. The van der Waals surface area contributed by atoms with Crippen LogP contribution in [0.1, 0.15) is 33.5 Å². The third-order valence-electron chi connectivity index (χ3n) is 3.19. The molecule has 0 radical (unpaired) electrons. The molecule has 0 saturated carbocycles. The van der Waals surface area contributed by atoms with Crippen LogP contribution in [-0.2, 0) is 17.9 Å². The van der Waals surface area contributed by atoms with Crippen molar-refractivity contribution in [1.82, 2.24) is 14.8 Å². The number of aliphatic hydroxyl groups is 1. The molecule has 0 bridgehead atoms.